The lowest BCUT2D eigenvalue weighted by molar-refractivity contribution is -0.133. The van der Waals surface area contributed by atoms with Crippen molar-refractivity contribution in [3.05, 3.63) is 71.9 Å². The van der Waals surface area contributed by atoms with Crippen LogP contribution < -0.4 is 5.32 Å². The molecule has 154 valence electrons. The molecule has 0 unspecified atom stereocenters. The van der Waals surface area contributed by atoms with Crippen molar-refractivity contribution in [3.63, 3.8) is 0 Å². The van der Waals surface area contributed by atoms with Crippen LogP contribution in [0.25, 0.3) is 10.9 Å². The fraction of sp³-hybridized carbons (Fsp3) is 0.360. The maximum Gasteiger partial charge on any atom is 0.228 e. The minimum atomic E-state index is -0.310. The average Bonchev–Trinajstić information content (AvgIpc) is 2.74. The lowest BCUT2D eigenvalue weighted by atomic mass is 9.52. The standard InChI is InChI=1S/C25H24F2N2O/c26-17-1-4-19(5-2-17)29-24(30)22-9-13-25(22)11-7-16(8-12-25)20-10-14-28-23-6-3-18(27)15-21(20)23/h1-6,10,14-16,22H,7-9,11-13H2,(H,29,30)/t16?,22-,25?/m1/s1. The van der Waals surface area contributed by atoms with Crippen LogP contribution in [-0.4, -0.2) is 10.9 Å². The summed E-state index contributed by atoms with van der Waals surface area (Å²) in [7, 11) is 0. The number of halogens is 2. The van der Waals surface area contributed by atoms with Crippen molar-refractivity contribution in [2.24, 2.45) is 11.3 Å². The zero-order valence-corrected chi connectivity index (χ0v) is 16.7. The van der Waals surface area contributed by atoms with E-state index in [9.17, 15) is 13.6 Å². The highest BCUT2D eigenvalue weighted by atomic mass is 19.1. The number of aromatic nitrogens is 1. The smallest absolute Gasteiger partial charge is 0.228 e. The zero-order chi connectivity index (χ0) is 20.7. The average molecular weight is 406 g/mol. The molecule has 2 aliphatic rings. The number of hydrogen-bond acceptors (Lipinski definition) is 2. The monoisotopic (exact) mass is 406 g/mol. The van der Waals surface area contributed by atoms with Crippen LogP contribution in [0.15, 0.2) is 54.7 Å². The summed E-state index contributed by atoms with van der Waals surface area (Å²) in [5, 5.41) is 3.86. The number of rotatable bonds is 3. The van der Waals surface area contributed by atoms with Crippen molar-refractivity contribution in [2.75, 3.05) is 5.32 Å². The molecule has 0 radical (unpaired) electrons. The molecule has 30 heavy (non-hydrogen) atoms. The molecule has 2 aliphatic carbocycles. The van der Waals surface area contributed by atoms with Gasteiger partial charge in [-0.05, 0) is 104 Å². The molecule has 0 aliphatic heterocycles. The predicted octanol–water partition coefficient (Wildman–Crippen LogP) is 6.21. The number of benzene rings is 2. The van der Waals surface area contributed by atoms with Gasteiger partial charge >= 0.3 is 0 Å². The van der Waals surface area contributed by atoms with Crippen molar-refractivity contribution in [2.45, 2.75) is 44.4 Å². The molecule has 1 atom stereocenters. The minimum absolute atomic E-state index is 0.00938. The molecule has 5 rings (SSSR count). The number of nitrogens with zero attached hydrogens (tertiary/aromatic N) is 1. The minimum Gasteiger partial charge on any atom is -0.326 e. The number of fused-ring (bicyclic) bond motifs is 1. The third kappa shape index (κ3) is 3.36. The molecular formula is C25H24F2N2O. The second kappa shape index (κ2) is 7.46. The first-order valence-electron chi connectivity index (χ1n) is 10.6. The highest BCUT2D eigenvalue weighted by molar-refractivity contribution is 5.93. The summed E-state index contributed by atoms with van der Waals surface area (Å²) in [6, 6.07) is 12.7. The molecule has 1 heterocycles. The van der Waals surface area contributed by atoms with E-state index in [0.29, 0.717) is 11.6 Å². The molecule has 1 spiro atoms. The van der Waals surface area contributed by atoms with Gasteiger partial charge in [-0.2, -0.15) is 0 Å². The van der Waals surface area contributed by atoms with E-state index in [1.807, 2.05) is 12.3 Å². The van der Waals surface area contributed by atoms with Gasteiger partial charge in [0.05, 0.1) is 5.52 Å². The highest BCUT2D eigenvalue weighted by Gasteiger charge is 2.51. The van der Waals surface area contributed by atoms with E-state index >= 15 is 0 Å². The van der Waals surface area contributed by atoms with E-state index in [-0.39, 0.29) is 28.9 Å². The zero-order valence-electron chi connectivity index (χ0n) is 16.7. The van der Waals surface area contributed by atoms with Crippen molar-refractivity contribution in [1.82, 2.24) is 4.98 Å². The Morgan fingerprint density at radius 2 is 1.63 bits per heavy atom. The Morgan fingerprint density at radius 1 is 0.933 bits per heavy atom. The third-order valence-electron chi connectivity index (χ3n) is 7.26. The fourth-order valence-electron chi connectivity index (χ4n) is 5.47. The van der Waals surface area contributed by atoms with Gasteiger partial charge < -0.3 is 5.32 Å². The summed E-state index contributed by atoms with van der Waals surface area (Å²) in [5.74, 6) is -0.127. The highest BCUT2D eigenvalue weighted by Crippen LogP contribution is 2.58. The van der Waals surface area contributed by atoms with Gasteiger partial charge in [0.2, 0.25) is 5.91 Å². The Labute approximate surface area is 174 Å². The van der Waals surface area contributed by atoms with Crippen LogP contribution in [0.4, 0.5) is 14.5 Å². The second-order valence-electron chi connectivity index (χ2n) is 8.79. The number of nitrogens with one attached hydrogen (secondary N) is 1. The van der Waals surface area contributed by atoms with Gasteiger partial charge in [0.15, 0.2) is 0 Å². The van der Waals surface area contributed by atoms with Gasteiger partial charge in [0, 0.05) is 23.2 Å². The van der Waals surface area contributed by atoms with Crippen LogP contribution in [0.2, 0.25) is 0 Å². The summed E-state index contributed by atoms with van der Waals surface area (Å²) in [6.07, 6.45) is 7.78. The summed E-state index contributed by atoms with van der Waals surface area (Å²) in [4.78, 5) is 17.2. The maximum atomic E-state index is 13.8. The topological polar surface area (TPSA) is 42.0 Å². The van der Waals surface area contributed by atoms with Crippen LogP contribution in [0.3, 0.4) is 0 Å². The number of amides is 1. The SMILES string of the molecule is O=C(Nc1ccc(F)cc1)[C@H]1CCC12CCC(c1ccnc3ccc(F)cc13)CC2. The lowest BCUT2D eigenvalue weighted by Gasteiger charge is -2.52. The molecule has 3 nitrogen and oxygen atoms in total. The molecule has 1 N–H and O–H groups in total. The van der Waals surface area contributed by atoms with Crippen LogP contribution >= 0.6 is 0 Å². The van der Waals surface area contributed by atoms with Gasteiger partial charge in [0.1, 0.15) is 11.6 Å². The molecule has 5 heteroatoms. The van der Waals surface area contributed by atoms with Crippen molar-refractivity contribution >= 4 is 22.5 Å². The fourth-order valence-corrected chi connectivity index (χ4v) is 5.47. The van der Waals surface area contributed by atoms with E-state index in [2.05, 4.69) is 10.3 Å². The molecule has 1 amide bonds. The Kier molecular flexibility index (Phi) is 4.76. The predicted molar refractivity (Wildman–Crippen MR) is 113 cm³/mol. The van der Waals surface area contributed by atoms with E-state index < -0.39 is 0 Å². The van der Waals surface area contributed by atoms with Crippen LogP contribution in [0.5, 0.6) is 0 Å². The van der Waals surface area contributed by atoms with Gasteiger partial charge in [-0.25, -0.2) is 8.78 Å². The van der Waals surface area contributed by atoms with Gasteiger partial charge in [-0.3, -0.25) is 9.78 Å². The van der Waals surface area contributed by atoms with Gasteiger partial charge in [-0.1, -0.05) is 0 Å². The number of carbonyl (C=O) groups is 1. The molecule has 2 saturated carbocycles. The number of anilines is 1. The number of carbonyl (C=O) groups excluding carboxylic acids is 1. The maximum absolute atomic E-state index is 13.8. The van der Waals surface area contributed by atoms with E-state index in [1.165, 1.54) is 23.8 Å². The third-order valence-corrected chi connectivity index (χ3v) is 7.26. The Morgan fingerprint density at radius 3 is 2.33 bits per heavy atom. The largest absolute Gasteiger partial charge is 0.326 e. The summed E-state index contributed by atoms with van der Waals surface area (Å²) < 4.78 is 26.9. The molecule has 2 fully saturated rings. The first-order valence-corrected chi connectivity index (χ1v) is 10.6. The Hall–Kier alpha value is -2.82. The molecule has 3 aromatic rings. The van der Waals surface area contributed by atoms with Gasteiger partial charge in [0.25, 0.3) is 0 Å². The van der Waals surface area contributed by atoms with Crippen molar-refractivity contribution < 1.29 is 13.6 Å². The quantitative estimate of drug-likeness (QED) is 0.562. The molecule has 1 aromatic heterocycles. The van der Waals surface area contributed by atoms with Crippen molar-refractivity contribution in [1.29, 1.82) is 0 Å². The molecule has 0 saturated heterocycles. The first-order chi connectivity index (χ1) is 14.5. The molecule has 2 aromatic carbocycles. The number of pyridine rings is 1. The van der Waals surface area contributed by atoms with Crippen LogP contribution in [0, 0.1) is 23.0 Å². The van der Waals surface area contributed by atoms with E-state index in [0.717, 1.165) is 49.4 Å². The first kappa shape index (κ1) is 19.2. The van der Waals surface area contributed by atoms with E-state index in [1.54, 1.807) is 24.3 Å². The van der Waals surface area contributed by atoms with Crippen LogP contribution in [-0.2, 0) is 4.79 Å². The summed E-state index contributed by atoms with van der Waals surface area (Å²) >= 11 is 0. The second-order valence-corrected chi connectivity index (χ2v) is 8.79. The number of hydrogen-bond donors (Lipinski definition) is 1. The van der Waals surface area contributed by atoms with Gasteiger partial charge in [-0.15, -0.1) is 0 Å². The Bertz CT molecular complexity index is 1090. The molecule has 0 bridgehead atoms. The Balaban J connectivity index is 1.29. The van der Waals surface area contributed by atoms with Crippen molar-refractivity contribution in [3.8, 4) is 0 Å². The summed E-state index contributed by atoms with van der Waals surface area (Å²) in [5.41, 5.74) is 2.70. The molecular weight excluding hydrogens is 382 g/mol. The summed E-state index contributed by atoms with van der Waals surface area (Å²) in [6.45, 7) is 0. The van der Waals surface area contributed by atoms with E-state index in [4.69, 9.17) is 0 Å². The lowest BCUT2D eigenvalue weighted by Crippen LogP contribution is -2.48. The normalized spacial score (nSPS) is 25.8. The van der Waals surface area contributed by atoms with Crippen LogP contribution in [0.1, 0.15) is 50.0 Å².